The van der Waals surface area contributed by atoms with Crippen LogP contribution in [0.2, 0.25) is 0 Å². The van der Waals surface area contributed by atoms with Gasteiger partial charge in [0.15, 0.2) is 5.78 Å². The van der Waals surface area contributed by atoms with Crippen LogP contribution in [0.25, 0.3) is 6.08 Å². The topological polar surface area (TPSA) is 29.1 Å². The van der Waals surface area contributed by atoms with Crippen LogP contribution >= 0.6 is 15.9 Å². The largest absolute Gasteiger partial charge is 0.308 e. The Bertz CT molecular complexity index is 888. The predicted octanol–water partition coefficient (Wildman–Crippen LogP) is 5.51. The maximum atomic E-state index is 13.0. The second-order valence-corrected chi connectivity index (χ2v) is 6.83. The molecule has 0 unspecified atom stereocenters. The number of carbonyl (C=O) groups excluding carboxylic acids is 1. The Hall–Kier alpha value is -2.49. The summed E-state index contributed by atoms with van der Waals surface area (Å²) in [6.07, 6.45) is 1.96. The Balaban J connectivity index is 1.81. The van der Waals surface area contributed by atoms with Crippen LogP contribution in [0.5, 0.6) is 0 Å². The van der Waals surface area contributed by atoms with Gasteiger partial charge in [-0.2, -0.15) is 0 Å². The van der Waals surface area contributed by atoms with Gasteiger partial charge >= 0.3 is 0 Å². The number of Topliss-reactive ketones (excluding diaryl/α,β-unsaturated/α-hetero) is 1. The van der Waals surface area contributed by atoms with Crippen LogP contribution in [0.3, 0.4) is 0 Å². The number of benzene rings is 3. The van der Waals surface area contributed by atoms with Gasteiger partial charge in [0.1, 0.15) is 0 Å². The van der Waals surface area contributed by atoms with Gasteiger partial charge in [-0.25, -0.2) is 0 Å². The van der Waals surface area contributed by atoms with E-state index in [1.807, 2.05) is 78.9 Å². The molecule has 3 aromatic rings. The predicted molar refractivity (Wildman–Crippen MR) is 111 cm³/mol. The molecule has 0 radical (unpaired) electrons. The highest BCUT2D eigenvalue weighted by atomic mass is 79.9. The van der Waals surface area contributed by atoms with Crippen molar-refractivity contribution < 1.29 is 4.79 Å². The molecule has 3 rings (SSSR count). The van der Waals surface area contributed by atoms with E-state index < -0.39 is 0 Å². The van der Waals surface area contributed by atoms with Crippen molar-refractivity contribution in [3.63, 3.8) is 0 Å². The average Bonchev–Trinajstić information content (AvgIpc) is 2.70. The number of halogens is 1. The summed E-state index contributed by atoms with van der Waals surface area (Å²) in [5.41, 5.74) is 3.62. The van der Waals surface area contributed by atoms with E-state index in [1.165, 1.54) is 5.56 Å². The third-order valence-electron chi connectivity index (χ3n) is 4.05. The van der Waals surface area contributed by atoms with Gasteiger partial charge in [-0.05, 0) is 23.3 Å². The summed E-state index contributed by atoms with van der Waals surface area (Å²) in [5, 5.41) is 3.39. The van der Waals surface area contributed by atoms with Crippen LogP contribution in [0, 0.1) is 0 Å². The maximum Gasteiger partial charge on any atom is 0.190 e. The fourth-order valence-corrected chi connectivity index (χ4v) is 3.09. The van der Waals surface area contributed by atoms with Gasteiger partial charge in [0.25, 0.3) is 0 Å². The monoisotopic (exact) mass is 405 g/mol. The second-order valence-electron chi connectivity index (χ2n) is 5.98. The lowest BCUT2D eigenvalue weighted by Crippen LogP contribution is -2.21. The minimum absolute atomic E-state index is 0.0434. The molecule has 0 saturated carbocycles. The lowest BCUT2D eigenvalue weighted by molar-refractivity contribution is 0.103. The first kappa shape index (κ1) is 18.3. The molecule has 0 fully saturated rings. The summed E-state index contributed by atoms with van der Waals surface area (Å²) in [7, 11) is 0. The Morgan fingerprint density at radius 3 is 2.15 bits per heavy atom. The summed E-state index contributed by atoms with van der Waals surface area (Å²) >= 11 is 3.56. The van der Waals surface area contributed by atoms with Crippen LogP contribution in [0.15, 0.2) is 95.0 Å². The molecule has 0 atom stereocenters. The van der Waals surface area contributed by atoms with Crippen molar-refractivity contribution in [2.24, 2.45) is 0 Å². The van der Waals surface area contributed by atoms with Crippen molar-refractivity contribution >= 4 is 27.8 Å². The molecule has 2 nitrogen and oxygen atoms in total. The van der Waals surface area contributed by atoms with Gasteiger partial charge in [0.05, 0.1) is 0 Å². The molecule has 0 aliphatic carbocycles. The van der Waals surface area contributed by atoms with Crippen molar-refractivity contribution in [2.45, 2.75) is 6.54 Å². The summed E-state index contributed by atoms with van der Waals surface area (Å²) in [4.78, 5) is 13.0. The van der Waals surface area contributed by atoms with E-state index in [1.54, 1.807) is 0 Å². The van der Waals surface area contributed by atoms with Crippen molar-refractivity contribution in [3.8, 4) is 0 Å². The van der Waals surface area contributed by atoms with Gasteiger partial charge in [-0.15, -0.1) is 0 Å². The van der Waals surface area contributed by atoms with Gasteiger partial charge in [-0.1, -0.05) is 94.8 Å². The normalized spacial score (nSPS) is 11.3. The Labute approximate surface area is 162 Å². The summed E-state index contributed by atoms with van der Waals surface area (Å²) in [6.45, 7) is 1.22. The molecular formula is C23H20BrNO. The number of ketones is 1. The smallest absolute Gasteiger partial charge is 0.190 e. The van der Waals surface area contributed by atoms with Crippen molar-refractivity contribution in [3.05, 3.63) is 112 Å². The van der Waals surface area contributed by atoms with E-state index in [4.69, 9.17) is 0 Å². The number of hydrogen-bond donors (Lipinski definition) is 1. The van der Waals surface area contributed by atoms with Gasteiger partial charge in [0, 0.05) is 28.7 Å². The Morgan fingerprint density at radius 1 is 0.846 bits per heavy atom. The number of hydrogen-bond acceptors (Lipinski definition) is 2. The first-order chi connectivity index (χ1) is 12.7. The van der Waals surface area contributed by atoms with Crippen LogP contribution in [0.1, 0.15) is 21.5 Å². The first-order valence-corrected chi connectivity index (χ1v) is 9.33. The van der Waals surface area contributed by atoms with E-state index in [-0.39, 0.29) is 5.78 Å². The highest BCUT2D eigenvalue weighted by Crippen LogP contribution is 2.20. The van der Waals surface area contributed by atoms with E-state index in [9.17, 15) is 4.79 Å². The molecule has 26 heavy (non-hydrogen) atoms. The molecule has 0 spiro atoms. The summed E-state index contributed by atoms with van der Waals surface area (Å²) < 4.78 is 0.974. The molecule has 0 aliphatic heterocycles. The molecule has 0 aliphatic rings. The highest BCUT2D eigenvalue weighted by Gasteiger charge is 2.12. The van der Waals surface area contributed by atoms with Crippen LogP contribution < -0.4 is 5.32 Å². The van der Waals surface area contributed by atoms with E-state index >= 15 is 0 Å². The zero-order chi connectivity index (χ0) is 18.2. The molecule has 3 aromatic carbocycles. The minimum atomic E-state index is 0.0434. The van der Waals surface area contributed by atoms with Gasteiger partial charge in [0.2, 0.25) is 0 Å². The summed E-state index contributed by atoms with van der Waals surface area (Å²) in [6, 6.07) is 27.5. The molecule has 3 heteroatoms. The molecule has 0 bridgehead atoms. The fraction of sp³-hybridized carbons (Fsp3) is 0.0870. The number of nitrogens with one attached hydrogen (secondary N) is 1. The quantitative estimate of drug-likeness (QED) is 0.414. The SMILES string of the molecule is O=C(/C(=C/c1ccccc1Br)CNCc1ccccc1)c1ccccc1. The van der Waals surface area contributed by atoms with Crippen molar-refractivity contribution in [1.82, 2.24) is 5.32 Å². The number of rotatable bonds is 7. The fourth-order valence-electron chi connectivity index (χ4n) is 2.69. The van der Waals surface area contributed by atoms with Crippen LogP contribution in [-0.4, -0.2) is 12.3 Å². The zero-order valence-corrected chi connectivity index (χ0v) is 15.9. The first-order valence-electron chi connectivity index (χ1n) is 8.53. The number of carbonyl (C=O) groups is 1. The molecular weight excluding hydrogens is 386 g/mol. The minimum Gasteiger partial charge on any atom is -0.308 e. The molecule has 0 heterocycles. The lowest BCUT2D eigenvalue weighted by Gasteiger charge is -2.10. The van der Waals surface area contributed by atoms with Gasteiger partial charge < -0.3 is 5.32 Å². The van der Waals surface area contributed by atoms with Crippen molar-refractivity contribution in [2.75, 3.05) is 6.54 Å². The Kier molecular flexibility index (Phi) is 6.53. The van der Waals surface area contributed by atoms with E-state index in [0.29, 0.717) is 12.1 Å². The standard InChI is InChI=1S/C23H20BrNO/c24-22-14-8-7-13-20(22)15-21(23(26)19-11-5-2-6-12-19)17-25-16-18-9-3-1-4-10-18/h1-15,25H,16-17H2/b21-15+. The highest BCUT2D eigenvalue weighted by molar-refractivity contribution is 9.10. The average molecular weight is 406 g/mol. The molecule has 0 saturated heterocycles. The van der Waals surface area contributed by atoms with Crippen LogP contribution in [-0.2, 0) is 6.54 Å². The molecule has 0 amide bonds. The molecule has 1 N–H and O–H groups in total. The van der Waals surface area contributed by atoms with E-state index in [2.05, 4.69) is 33.4 Å². The van der Waals surface area contributed by atoms with Crippen molar-refractivity contribution in [1.29, 1.82) is 0 Å². The Morgan fingerprint density at radius 2 is 1.46 bits per heavy atom. The molecule has 0 aromatic heterocycles. The lowest BCUT2D eigenvalue weighted by atomic mass is 10.0. The second kappa shape index (κ2) is 9.27. The van der Waals surface area contributed by atoms with Crippen LogP contribution in [0.4, 0.5) is 0 Å². The third-order valence-corrected chi connectivity index (χ3v) is 4.77. The van der Waals surface area contributed by atoms with Gasteiger partial charge in [-0.3, -0.25) is 4.79 Å². The van der Waals surface area contributed by atoms with E-state index in [0.717, 1.165) is 22.2 Å². The molecule has 130 valence electrons. The zero-order valence-electron chi connectivity index (χ0n) is 14.4. The summed E-state index contributed by atoms with van der Waals surface area (Å²) in [5.74, 6) is 0.0434. The maximum absolute atomic E-state index is 13.0. The third kappa shape index (κ3) is 5.01.